The Morgan fingerprint density at radius 1 is 1.08 bits per heavy atom. The molecule has 0 amide bonds. The number of rotatable bonds is 6. The summed E-state index contributed by atoms with van der Waals surface area (Å²) in [6.45, 7) is 1.83. The molecule has 0 spiro atoms. The Hall–Kier alpha value is -3.81. The first-order valence-electron chi connectivity index (χ1n) is 12.0. The molecule has 3 atom stereocenters. The van der Waals surface area contributed by atoms with Gasteiger partial charge < -0.3 is 30.2 Å². The van der Waals surface area contributed by atoms with Gasteiger partial charge in [-0.3, -0.25) is 4.79 Å². The Morgan fingerprint density at radius 2 is 1.81 bits per heavy atom. The summed E-state index contributed by atoms with van der Waals surface area (Å²) in [5.74, 6) is 0.195. The number of fused-ring (bicyclic) bond motifs is 2. The lowest BCUT2D eigenvalue weighted by molar-refractivity contribution is -0.0595. The Bertz CT molecular complexity index is 1450. The van der Waals surface area contributed by atoms with Gasteiger partial charge >= 0.3 is 0 Å². The third-order valence-electron chi connectivity index (χ3n) is 7.01. The third-order valence-corrected chi connectivity index (χ3v) is 7.01. The summed E-state index contributed by atoms with van der Waals surface area (Å²) in [5, 5.41) is 32.6. The smallest absolute Gasteiger partial charge is 0.196 e. The van der Waals surface area contributed by atoms with Crippen molar-refractivity contribution in [3.05, 3.63) is 99.4 Å². The van der Waals surface area contributed by atoms with Gasteiger partial charge in [0.05, 0.1) is 6.10 Å². The van der Waals surface area contributed by atoms with Gasteiger partial charge in [-0.15, -0.1) is 0 Å². The van der Waals surface area contributed by atoms with Crippen molar-refractivity contribution in [2.24, 2.45) is 0 Å². The van der Waals surface area contributed by atoms with Gasteiger partial charge in [0.1, 0.15) is 39.9 Å². The number of anilines is 1. The number of phenolic OH excluding ortho intramolecular Hbond substituents is 1. The standard InChI is InChI=1S/C29H29NO6/c1-29(12-11-17-7-9-19(30)10-8-17)26(33)14-20-23(36-29)16-25-27(28(20)34)22(32)15-24(35-25)21(31)13-18-5-3-2-4-6-18/h2-10,15-16,21,26,31,33-34H,11-14,30H2,1H3/t21-,26-,29-/m1/s1. The summed E-state index contributed by atoms with van der Waals surface area (Å²) in [5.41, 5.74) is 7.52. The van der Waals surface area contributed by atoms with Gasteiger partial charge in [-0.2, -0.15) is 0 Å². The molecule has 0 saturated carbocycles. The summed E-state index contributed by atoms with van der Waals surface area (Å²) >= 11 is 0. The maximum Gasteiger partial charge on any atom is 0.196 e. The predicted octanol–water partition coefficient (Wildman–Crippen LogP) is 4.04. The SMILES string of the molecule is C[C@]1(CCc2ccc(N)cc2)Oc2cc3oc([C@H](O)Cc4ccccc4)cc(=O)c3c(O)c2C[C@H]1O. The molecule has 1 aliphatic heterocycles. The highest BCUT2D eigenvalue weighted by atomic mass is 16.5. The number of hydrogen-bond donors (Lipinski definition) is 4. The maximum atomic E-state index is 12.9. The lowest BCUT2D eigenvalue weighted by Gasteiger charge is -2.40. The Balaban J connectivity index is 1.46. The topological polar surface area (TPSA) is 126 Å². The number of phenols is 1. The van der Waals surface area contributed by atoms with Gasteiger partial charge in [0.25, 0.3) is 0 Å². The Labute approximate surface area is 208 Å². The molecule has 5 N–H and O–H groups in total. The molecular weight excluding hydrogens is 458 g/mol. The van der Waals surface area contributed by atoms with Crippen LogP contribution in [0, 0.1) is 0 Å². The van der Waals surface area contributed by atoms with Crippen LogP contribution >= 0.6 is 0 Å². The van der Waals surface area contributed by atoms with Crippen molar-refractivity contribution in [1.29, 1.82) is 0 Å². The van der Waals surface area contributed by atoms with Gasteiger partial charge in [-0.25, -0.2) is 0 Å². The quantitative estimate of drug-likeness (QED) is 0.302. The van der Waals surface area contributed by atoms with Crippen molar-refractivity contribution >= 4 is 16.7 Å². The Kier molecular flexibility index (Phi) is 6.20. The summed E-state index contributed by atoms with van der Waals surface area (Å²) in [6.07, 6.45) is -0.327. The van der Waals surface area contributed by atoms with E-state index in [0.717, 1.165) is 11.1 Å². The number of hydrogen-bond acceptors (Lipinski definition) is 7. The second-order valence-electron chi connectivity index (χ2n) is 9.67. The van der Waals surface area contributed by atoms with Crippen LogP contribution < -0.4 is 15.9 Å². The summed E-state index contributed by atoms with van der Waals surface area (Å²) < 4.78 is 12.1. The average Bonchev–Trinajstić information content (AvgIpc) is 2.85. The van der Waals surface area contributed by atoms with Crippen molar-refractivity contribution in [1.82, 2.24) is 0 Å². The second-order valence-corrected chi connectivity index (χ2v) is 9.67. The molecule has 0 radical (unpaired) electrons. The number of aryl methyl sites for hydroxylation is 1. The lowest BCUT2D eigenvalue weighted by atomic mass is 9.84. The molecule has 7 nitrogen and oxygen atoms in total. The zero-order chi connectivity index (χ0) is 25.4. The highest BCUT2D eigenvalue weighted by molar-refractivity contribution is 5.87. The molecule has 0 fully saturated rings. The molecule has 0 saturated heterocycles. The van der Waals surface area contributed by atoms with E-state index in [1.54, 1.807) is 6.07 Å². The number of aromatic hydroxyl groups is 1. The highest BCUT2D eigenvalue weighted by Gasteiger charge is 2.41. The molecule has 7 heteroatoms. The van der Waals surface area contributed by atoms with E-state index in [9.17, 15) is 20.1 Å². The van der Waals surface area contributed by atoms with Crippen LogP contribution in [-0.2, 0) is 19.3 Å². The molecule has 3 aromatic carbocycles. The van der Waals surface area contributed by atoms with Crippen LogP contribution in [0.4, 0.5) is 5.69 Å². The largest absolute Gasteiger partial charge is 0.507 e. The molecule has 4 aromatic rings. The fraction of sp³-hybridized carbons (Fsp3) is 0.276. The fourth-order valence-corrected chi connectivity index (χ4v) is 4.75. The predicted molar refractivity (Wildman–Crippen MR) is 137 cm³/mol. The minimum atomic E-state index is -1.03. The summed E-state index contributed by atoms with van der Waals surface area (Å²) in [7, 11) is 0. The molecule has 5 rings (SSSR count). The van der Waals surface area contributed by atoms with Gasteiger partial charge in [-0.05, 0) is 43.0 Å². The Morgan fingerprint density at radius 3 is 2.53 bits per heavy atom. The maximum absolute atomic E-state index is 12.9. The first-order valence-corrected chi connectivity index (χ1v) is 12.0. The van der Waals surface area contributed by atoms with Gasteiger partial charge in [-0.1, -0.05) is 42.5 Å². The van der Waals surface area contributed by atoms with E-state index in [2.05, 4.69) is 0 Å². The van der Waals surface area contributed by atoms with Crippen LogP contribution in [0.2, 0.25) is 0 Å². The van der Waals surface area contributed by atoms with Crippen LogP contribution in [0.1, 0.15) is 41.9 Å². The lowest BCUT2D eigenvalue weighted by Crippen LogP contribution is -2.49. The van der Waals surface area contributed by atoms with Crippen LogP contribution in [0.3, 0.4) is 0 Å². The van der Waals surface area contributed by atoms with Gasteiger partial charge in [0, 0.05) is 36.2 Å². The van der Waals surface area contributed by atoms with Crippen molar-refractivity contribution in [2.45, 2.75) is 50.4 Å². The van der Waals surface area contributed by atoms with Crippen molar-refractivity contribution in [3.8, 4) is 11.5 Å². The molecule has 1 aromatic heterocycles. The molecule has 2 heterocycles. The van der Waals surface area contributed by atoms with Crippen LogP contribution in [0.5, 0.6) is 11.5 Å². The van der Waals surface area contributed by atoms with Crippen LogP contribution in [0.15, 0.2) is 75.9 Å². The van der Waals surface area contributed by atoms with E-state index >= 15 is 0 Å². The number of aliphatic hydroxyl groups excluding tert-OH is 2. The minimum absolute atomic E-state index is 0.00527. The molecule has 0 unspecified atom stereocenters. The number of ether oxygens (including phenoxy) is 1. The monoisotopic (exact) mass is 487 g/mol. The summed E-state index contributed by atoms with van der Waals surface area (Å²) in [6, 6.07) is 19.7. The first-order chi connectivity index (χ1) is 17.2. The van der Waals surface area contributed by atoms with E-state index in [1.807, 2.05) is 61.5 Å². The third kappa shape index (κ3) is 4.55. The molecule has 0 aliphatic carbocycles. The zero-order valence-corrected chi connectivity index (χ0v) is 20.0. The molecule has 1 aliphatic rings. The van der Waals surface area contributed by atoms with Crippen molar-refractivity contribution in [2.75, 3.05) is 5.73 Å². The molecule has 36 heavy (non-hydrogen) atoms. The first kappa shape index (κ1) is 23.9. The number of nitrogens with two attached hydrogens (primary N) is 1. The van der Waals surface area contributed by atoms with E-state index in [1.165, 1.54) is 6.07 Å². The van der Waals surface area contributed by atoms with Crippen LogP contribution in [0.25, 0.3) is 11.0 Å². The van der Waals surface area contributed by atoms with E-state index in [4.69, 9.17) is 14.9 Å². The normalized spacial score (nSPS) is 20.0. The fourth-order valence-electron chi connectivity index (χ4n) is 4.75. The van der Waals surface area contributed by atoms with Crippen molar-refractivity contribution in [3.63, 3.8) is 0 Å². The summed E-state index contributed by atoms with van der Waals surface area (Å²) in [4.78, 5) is 12.9. The van der Waals surface area contributed by atoms with E-state index in [-0.39, 0.29) is 35.3 Å². The second kappa shape index (κ2) is 9.33. The number of benzene rings is 3. The zero-order valence-electron chi connectivity index (χ0n) is 20.0. The van der Waals surface area contributed by atoms with Crippen LogP contribution in [-0.4, -0.2) is 27.0 Å². The molecule has 186 valence electrons. The molecular formula is C29H29NO6. The molecule has 0 bridgehead atoms. The van der Waals surface area contributed by atoms with Crippen molar-refractivity contribution < 1.29 is 24.5 Å². The van der Waals surface area contributed by atoms with E-state index < -0.39 is 23.2 Å². The average molecular weight is 488 g/mol. The number of aliphatic hydroxyl groups is 2. The van der Waals surface area contributed by atoms with E-state index in [0.29, 0.717) is 29.8 Å². The highest BCUT2D eigenvalue weighted by Crippen LogP contribution is 2.43. The minimum Gasteiger partial charge on any atom is -0.507 e. The van der Waals surface area contributed by atoms with Gasteiger partial charge in [0.2, 0.25) is 0 Å². The number of nitrogen functional groups attached to an aromatic ring is 1. The van der Waals surface area contributed by atoms with Gasteiger partial charge in [0.15, 0.2) is 5.43 Å².